The van der Waals surface area contributed by atoms with Crippen LogP contribution in [0, 0.1) is 15.9 Å². The standard InChI is InChI=1S/C10H9BrFNO4/c1-17-10(14)4-6-3-9(13(15)16)7(5-11)2-8(6)12/h2-3H,4-5H2,1H3. The van der Waals surface area contributed by atoms with Gasteiger partial charge in [0, 0.05) is 22.5 Å². The van der Waals surface area contributed by atoms with E-state index in [1.54, 1.807) is 0 Å². The molecule has 0 N–H and O–H groups in total. The third-order valence-corrected chi connectivity index (χ3v) is 2.75. The zero-order valence-electron chi connectivity index (χ0n) is 8.91. The van der Waals surface area contributed by atoms with Crippen LogP contribution in [0.5, 0.6) is 0 Å². The van der Waals surface area contributed by atoms with Gasteiger partial charge in [-0.25, -0.2) is 4.39 Å². The van der Waals surface area contributed by atoms with E-state index in [9.17, 15) is 19.3 Å². The van der Waals surface area contributed by atoms with E-state index in [0.29, 0.717) is 0 Å². The van der Waals surface area contributed by atoms with E-state index in [4.69, 9.17) is 0 Å². The first-order valence-corrected chi connectivity index (χ1v) is 5.70. The van der Waals surface area contributed by atoms with Gasteiger partial charge in [0.05, 0.1) is 18.5 Å². The van der Waals surface area contributed by atoms with Crippen LogP contribution in [-0.2, 0) is 21.3 Å². The Balaban J connectivity index is 3.19. The summed E-state index contributed by atoms with van der Waals surface area (Å²) >= 11 is 3.04. The first kappa shape index (κ1) is 13.6. The quantitative estimate of drug-likeness (QED) is 0.370. The van der Waals surface area contributed by atoms with Gasteiger partial charge in [0.1, 0.15) is 5.82 Å². The molecule has 0 atom stereocenters. The second kappa shape index (κ2) is 5.72. The lowest BCUT2D eigenvalue weighted by atomic mass is 10.1. The smallest absolute Gasteiger partial charge is 0.310 e. The van der Waals surface area contributed by atoms with Crippen LogP contribution in [0.2, 0.25) is 0 Å². The van der Waals surface area contributed by atoms with Gasteiger partial charge in [-0.15, -0.1) is 0 Å². The van der Waals surface area contributed by atoms with Gasteiger partial charge in [0.2, 0.25) is 0 Å². The molecule has 1 rings (SSSR count). The highest BCUT2D eigenvalue weighted by Crippen LogP contribution is 2.25. The zero-order chi connectivity index (χ0) is 13.0. The molecular formula is C10H9BrFNO4. The van der Waals surface area contributed by atoms with Gasteiger partial charge in [0.15, 0.2) is 0 Å². The number of nitro groups is 1. The summed E-state index contributed by atoms with van der Waals surface area (Å²) in [5.41, 5.74) is -0.0449. The fraction of sp³-hybridized carbons (Fsp3) is 0.300. The van der Waals surface area contributed by atoms with Crippen molar-refractivity contribution < 1.29 is 18.8 Å². The number of esters is 1. The minimum Gasteiger partial charge on any atom is -0.469 e. The molecule has 0 saturated heterocycles. The van der Waals surface area contributed by atoms with Crippen molar-refractivity contribution in [2.24, 2.45) is 0 Å². The first-order valence-electron chi connectivity index (χ1n) is 4.58. The minimum absolute atomic E-state index is 0.0479. The van der Waals surface area contributed by atoms with Crippen molar-refractivity contribution >= 4 is 27.6 Å². The summed E-state index contributed by atoms with van der Waals surface area (Å²) in [6.45, 7) is 0. The van der Waals surface area contributed by atoms with Crippen LogP contribution in [0.3, 0.4) is 0 Å². The number of benzene rings is 1. The maximum atomic E-state index is 13.5. The van der Waals surface area contributed by atoms with Gasteiger partial charge in [-0.1, -0.05) is 15.9 Å². The number of rotatable bonds is 4. The molecule has 0 amide bonds. The SMILES string of the molecule is COC(=O)Cc1cc([N+](=O)[O-])c(CBr)cc1F. The third kappa shape index (κ3) is 3.23. The summed E-state index contributed by atoms with van der Waals surface area (Å²) in [4.78, 5) is 21.1. The molecule has 0 saturated carbocycles. The van der Waals surface area contributed by atoms with E-state index in [-0.39, 0.29) is 28.6 Å². The topological polar surface area (TPSA) is 69.4 Å². The van der Waals surface area contributed by atoms with Crippen molar-refractivity contribution in [2.45, 2.75) is 11.8 Å². The Morgan fingerprint density at radius 2 is 2.18 bits per heavy atom. The molecule has 5 nitrogen and oxygen atoms in total. The summed E-state index contributed by atoms with van der Waals surface area (Å²) in [5, 5.41) is 10.9. The average Bonchev–Trinajstić information content (AvgIpc) is 2.30. The normalized spacial score (nSPS) is 10.1. The van der Waals surface area contributed by atoms with Crippen molar-refractivity contribution in [3.63, 3.8) is 0 Å². The third-order valence-electron chi connectivity index (χ3n) is 2.15. The molecule has 0 spiro atoms. The Morgan fingerprint density at radius 1 is 1.53 bits per heavy atom. The van der Waals surface area contributed by atoms with Crippen LogP contribution in [0.4, 0.5) is 10.1 Å². The second-order valence-corrected chi connectivity index (χ2v) is 3.78. The number of hydrogen-bond acceptors (Lipinski definition) is 4. The predicted octanol–water partition coefficient (Wildman–Crippen LogP) is 2.34. The Labute approximate surface area is 105 Å². The molecule has 1 aromatic carbocycles. The molecule has 0 radical (unpaired) electrons. The van der Waals surface area contributed by atoms with E-state index >= 15 is 0 Å². The monoisotopic (exact) mass is 305 g/mol. The van der Waals surface area contributed by atoms with Gasteiger partial charge in [-0.2, -0.15) is 0 Å². The highest BCUT2D eigenvalue weighted by atomic mass is 79.9. The molecule has 0 unspecified atom stereocenters. The van der Waals surface area contributed by atoms with Crippen LogP contribution in [0.25, 0.3) is 0 Å². The maximum Gasteiger partial charge on any atom is 0.310 e. The summed E-state index contributed by atoms with van der Waals surface area (Å²) in [5.74, 6) is -1.31. The van der Waals surface area contributed by atoms with Crippen molar-refractivity contribution in [3.05, 3.63) is 39.2 Å². The van der Waals surface area contributed by atoms with E-state index in [1.807, 2.05) is 0 Å². The minimum atomic E-state index is -0.657. The van der Waals surface area contributed by atoms with Crippen molar-refractivity contribution in [3.8, 4) is 0 Å². The molecule has 92 valence electrons. The molecule has 0 fully saturated rings. The van der Waals surface area contributed by atoms with Gasteiger partial charge < -0.3 is 4.74 Å². The molecule has 0 aromatic heterocycles. The highest BCUT2D eigenvalue weighted by Gasteiger charge is 2.19. The van der Waals surface area contributed by atoms with Gasteiger partial charge >= 0.3 is 5.97 Å². The molecule has 0 bridgehead atoms. The molecule has 1 aromatic rings. The number of halogens is 2. The van der Waals surface area contributed by atoms with E-state index < -0.39 is 16.7 Å². The van der Waals surface area contributed by atoms with Crippen molar-refractivity contribution in [1.29, 1.82) is 0 Å². The number of nitrogens with zero attached hydrogens (tertiary/aromatic N) is 1. The summed E-state index contributed by atoms with van der Waals surface area (Å²) in [6, 6.07) is 2.11. The molecule has 0 aliphatic carbocycles. The number of methoxy groups -OCH3 is 1. The van der Waals surface area contributed by atoms with Crippen LogP contribution in [-0.4, -0.2) is 18.0 Å². The van der Waals surface area contributed by atoms with Gasteiger partial charge in [-0.3, -0.25) is 14.9 Å². The lowest BCUT2D eigenvalue weighted by Crippen LogP contribution is -2.07. The van der Waals surface area contributed by atoms with Crippen LogP contribution in [0.15, 0.2) is 12.1 Å². The van der Waals surface area contributed by atoms with Crippen LogP contribution in [0.1, 0.15) is 11.1 Å². The summed E-state index contributed by atoms with van der Waals surface area (Å²) in [6.07, 6.45) is -0.328. The van der Waals surface area contributed by atoms with E-state index in [0.717, 1.165) is 12.1 Å². The zero-order valence-corrected chi connectivity index (χ0v) is 10.5. The van der Waals surface area contributed by atoms with E-state index in [2.05, 4.69) is 20.7 Å². The van der Waals surface area contributed by atoms with E-state index in [1.165, 1.54) is 7.11 Å². The maximum absolute atomic E-state index is 13.5. The number of carbonyl (C=O) groups is 1. The molecular weight excluding hydrogens is 297 g/mol. The van der Waals surface area contributed by atoms with Crippen molar-refractivity contribution in [2.75, 3.05) is 7.11 Å². The van der Waals surface area contributed by atoms with Gasteiger partial charge in [-0.05, 0) is 6.07 Å². The Hall–Kier alpha value is -1.50. The molecule has 0 aliphatic heterocycles. The Bertz CT molecular complexity index is 464. The number of carbonyl (C=O) groups excluding carboxylic acids is 1. The first-order chi connectivity index (χ1) is 7.99. The number of alkyl halides is 1. The van der Waals surface area contributed by atoms with Gasteiger partial charge in [0.25, 0.3) is 5.69 Å². The molecule has 0 aliphatic rings. The lowest BCUT2D eigenvalue weighted by Gasteiger charge is -2.05. The lowest BCUT2D eigenvalue weighted by molar-refractivity contribution is -0.385. The predicted molar refractivity (Wildman–Crippen MR) is 61.4 cm³/mol. The Morgan fingerprint density at radius 3 is 2.65 bits per heavy atom. The Kier molecular flexibility index (Phi) is 4.56. The highest BCUT2D eigenvalue weighted by molar-refractivity contribution is 9.08. The van der Waals surface area contributed by atoms with Crippen LogP contribution >= 0.6 is 15.9 Å². The summed E-state index contributed by atoms with van der Waals surface area (Å²) < 4.78 is 17.9. The fourth-order valence-electron chi connectivity index (χ4n) is 1.29. The number of hydrogen-bond donors (Lipinski definition) is 0. The van der Waals surface area contributed by atoms with Crippen LogP contribution < -0.4 is 0 Å². The van der Waals surface area contributed by atoms with Crippen molar-refractivity contribution in [1.82, 2.24) is 0 Å². The summed E-state index contributed by atoms with van der Waals surface area (Å²) in [7, 11) is 1.17. The number of ether oxygens (including phenoxy) is 1. The second-order valence-electron chi connectivity index (χ2n) is 3.22. The number of nitro benzene ring substituents is 1. The fourth-order valence-corrected chi connectivity index (χ4v) is 1.74. The molecule has 0 heterocycles. The molecule has 7 heteroatoms. The largest absolute Gasteiger partial charge is 0.469 e. The molecule has 17 heavy (non-hydrogen) atoms. The average molecular weight is 306 g/mol.